The van der Waals surface area contributed by atoms with Crippen LogP contribution in [-0.2, 0) is 14.8 Å². The molecule has 3 N–H and O–H groups in total. The number of likely N-dealkylation sites (N-methyl/N-ethyl adjacent to an activating group) is 1. The van der Waals surface area contributed by atoms with Gasteiger partial charge in [-0.15, -0.1) is 0 Å². The molecule has 10 nitrogen and oxygen atoms in total. The van der Waals surface area contributed by atoms with Crippen molar-refractivity contribution in [1.82, 2.24) is 10.0 Å². The number of para-hydroxylation sites is 1. The monoisotopic (exact) mass is 539 g/mol. The smallest absolute Gasteiger partial charge is 0.311 e. The van der Waals surface area contributed by atoms with E-state index in [9.17, 15) is 22.8 Å². The van der Waals surface area contributed by atoms with Crippen LogP contribution >= 0.6 is 0 Å². The summed E-state index contributed by atoms with van der Waals surface area (Å²) < 4.78 is 26.2. The van der Waals surface area contributed by atoms with Crippen molar-refractivity contribution in [2.24, 2.45) is 10.9 Å². The normalized spacial score (nSPS) is 20.0. The lowest BCUT2D eigenvalue weighted by molar-refractivity contribution is -0.126. The minimum Gasteiger partial charge on any atom is -0.311 e. The first-order chi connectivity index (χ1) is 18.0. The van der Waals surface area contributed by atoms with Crippen LogP contribution in [0.4, 0.5) is 16.2 Å². The highest BCUT2D eigenvalue weighted by Gasteiger charge is 2.49. The second-order valence-corrected chi connectivity index (χ2v) is 12.2. The van der Waals surface area contributed by atoms with Crippen LogP contribution in [0.1, 0.15) is 61.9 Å². The number of carbonyl (C=O) groups excluding carboxylic acids is 3. The number of benzene rings is 2. The zero-order valence-electron chi connectivity index (χ0n) is 21.7. The van der Waals surface area contributed by atoms with E-state index >= 15 is 0 Å². The standard InChI is InChI=1S/C27H33N5O5S/c1-18(2)38(36,37)31-24(33)19-11-9-14-22(16-19)29-26(35)30-27(21-12-5-4-6-13-21)25(34)32(3)23-15-8-7-10-20(23)17-28-27/h7-11,14-18,21H,4-6,12-13H2,1-3H3,(H,31,33)(H2,29,30,35)/t27-/m0/s1. The van der Waals surface area contributed by atoms with E-state index in [2.05, 4.69) is 10.6 Å². The molecule has 4 amide bonds. The van der Waals surface area contributed by atoms with Gasteiger partial charge in [-0.25, -0.2) is 17.9 Å². The Balaban J connectivity index is 1.59. The van der Waals surface area contributed by atoms with Crippen LogP contribution < -0.4 is 20.3 Å². The lowest BCUT2D eigenvalue weighted by Gasteiger charge is -2.40. The van der Waals surface area contributed by atoms with Crippen LogP contribution in [0.5, 0.6) is 0 Å². The quantitative estimate of drug-likeness (QED) is 0.515. The van der Waals surface area contributed by atoms with Crippen LogP contribution in [0, 0.1) is 5.92 Å². The summed E-state index contributed by atoms with van der Waals surface area (Å²) in [6.07, 6.45) is 6.07. The van der Waals surface area contributed by atoms with Gasteiger partial charge in [-0.2, -0.15) is 0 Å². The first-order valence-corrected chi connectivity index (χ1v) is 14.3. The Hall–Kier alpha value is -3.73. The molecule has 0 spiro atoms. The average molecular weight is 540 g/mol. The molecule has 202 valence electrons. The van der Waals surface area contributed by atoms with Gasteiger partial charge in [-0.1, -0.05) is 43.5 Å². The number of sulfonamides is 1. The van der Waals surface area contributed by atoms with Gasteiger partial charge in [0.25, 0.3) is 11.8 Å². The Morgan fingerprint density at radius 2 is 1.76 bits per heavy atom. The third-order valence-corrected chi connectivity index (χ3v) is 8.79. The molecule has 1 atom stereocenters. The number of carbonyl (C=O) groups is 3. The lowest BCUT2D eigenvalue weighted by Crippen LogP contribution is -2.63. The fourth-order valence-corrected chi connectivity index (χ4v) is 5.47. The minimum atomic E-state index is -3.82. The molecule has 11 heteroatoms. The first kappa shape index (κ1) is 27.3. The third-order valence-electron chi connectivity index (χ3n) is 7.07. The zero-order valence-corrected chi connectivity index (χ0v) is 22.5. The molecule has 1 fully saturated rings. The van der Waals surface area contributed by atoms with Crippen molar-refractivity contribution in [3.8, 4) is 0 Å². The van der Waals surface area contributed by atoms with Gasteiger partial charge in [-0.05, 0) is 51.0 Å². The molecule has 0 aromatic heterocycles. The van der Waals surface area contributed by atoms with Gasteiger partial charge >= 0.3 is 6.03 Å². The summed E-state index contributed by atoms with van der Waals surface area (Å²) in [5, 5.41) is 4.78. The van der Waals surface area contributed by atoms with Gasteiger partial charge in [0, 0.05) is 36.0 Å². The zero-order chi connectivity index (χ0) is 27.5. The van der Waals surface area contributed by atoms with E-state index in [4.69, 9.17) is 4.99 Å². The number of urea groups is 1. The minimum absolute atomic E-state index is 0.0627. The van der Waals surface area contributed by atoms with E-state index in [1.54, 1.807) is 19.3 Å². The average Bonchev–Trinajstić information content (AvgIpc) is 3.00. The summed E-state index contributed by atoms with van der Waals surface area (Å²) in [6.45, 7) is 2.93. The summed E-state index contributed by atoms with van der Waals surface area (Å²) in [5.41, 5.74) is 0.304. The van der Waals surface area contributed by atoms with Gasteiger partial charge in [0.05, 0.1) is 10.9 Å². The predicted octanol–water partition coefficient (Wildman–Crippen LogP) is 3.65. The molecule has 0 unspecified atom stereocenters. The molecule has 4 rings (SSSR count). The number of rotatable bonds is 6. The largest absolute Gasteiger partial charge is 0.321 e. The molecule has 1 aliphatic carbocycles. The van der Waals surface area contributed by atoms with Crippen molar-refractivity contribution in [3.05, 3.63) is 59.7 Å². The number of nitrogens with zero attached hydrogens (tertiary/aromatic N) is 2. The summed E-state index contributed by atoms with van der Waals surface area (Å²) in [6, 6.07) is 12.7. The maximum Gasteiger partial charge on any atom is 0.321 e. The van der Waals surface area contributed by atoms with Crippen molar-refractivity contribution >= 4 is 45.5 Å². The van der Waals surface area contributed by atoms with E-state index in [0.717, 1.165) is 37.7 Å². The van der Waals surface area contributed by atoms with E-state index in [-0.39, 0.29) is 23.1 Å². The summed E-state index contributed by atoms with van der Waals surface area (Å²) in [7, 11) is -2.14. The van der Waals surface area contributed by atoms with E-state index in [1.807, 2.05) is 29.0 Å². The van der Waals surface area contributed by atoms with Gasteiger partial charge in [0.2, 0.25) is 15.7 Å². The number of fused-ring (bicyclic) bond motifs is 1. The van der Waals surface area contributed by atoms with Crippen molar-refractivity contribution in [2.45, 2.75) is 56.9 Å². The molecular formula is C27H33N5O5S. The highest BCUT2D eigenvalue weighted by molar-refractivity contribution is 7.90. The maximum absolute atomic E-state index is 13.9. The van der Waals surface area contributed by atoms with Crippen LogP contribution in [-0.4, -0.2) is 50.4 Å². The molecule has 0 radical (unpaired) electrons. The number of aliphatic imine (C=N–C) groups is 1. The highest BCUT2D eigenvalue weighted by atomic mass is 32.2. The predicted molar refractivity (Wildman–Crippen MR) is 147 cm³/mol. The Morgan fingerprint density at radius 1 is 1.05 bits per heavy atom. The molecule has 0 bridgehead atoms. The van der Waals surface area contributed by atoms with Crippen LogP contribution in [0.25, 0.3) is 0 Å². The van der Waals surface area contributed by atoms with Gasteiger partial charge in [0.15, 0.2) is 0 Å². The topological polar surface area (TPSA) is 137 Å². The molecule has 0 saturated heterocycles. The van der Waals surface area contributed by atoms with E-state index in [0.29, 0.717) is 5.69 Å². The first-order valence-electron chi connectivity index (χ1n) is 12.7. The number of hydrogen-bond acceptors (Lipinski definition) is 6. The fourth-order valence-electron chi connectivity index (χ4n) is 4.86. The Labute approximate surface area is 223 Å². The molecule has 1 aliphatic heterocycles. The lowest BCUT2D eigenvalue weighted by atomic mass is 9.79. The van der Waals surface area contributed by atoms with Crippen molar-refractivity contribution in [3.63, 3.8) is 0 Å². The number of hydrogen-bond donors (Lipinski definition) is 3. The molecule has 1 heterocycles. The summed E-state index contributed by atoms with van der Waals surface area (Å²) >= 11 is 0. The second-order valence-electron chi connectivity index (χ2n) is 9.97. The highest BCUT2D eigenvalue weighted by Crippen LogP contribution is 2.38. The molecule has 1 saturated carbocycles. The number of nitrogens with one attached hydrogen (secondary N) is 3. The SMILES string of the molecule is CC(C)S(=O)(=O)NC(=O)c1cccc(NC(=O)N[C@]2(C3CCCCC3)N=Cc3ccccc3N(C)C2=O)c1. The Kier molecular flexibility index (Phi) is 7.86. The van der Waals surface area contributed by atoms with Crippen molar-refractivity contribution in [1.29, 1.82) is 0 Å². The second kappa shape index (κ2) is 10.9. The molecular weight excluding hydrogens is 506 g/mol. The Bertz CT molecular complexity index is 1370. The molecule has 2 aliphatic rings. The van der Waals surface area contributed by atoms with Gasteiger partial charge in [0.1, 0.15) is 0 Å². The Morgan fingerprint density at radius 3 is 2.47 bits per heavy atom. The van der Waals surface area contributed by atoms with Crippen molar-refractivity contribution < 1.29 is 22.8 Å². The molecule has 38 heavy (non-hydrogen) atoms. The van der Waals surface area contributed by atoms with Crippen LogP contribution in [0.3, 0.4) is 0 Å². The molecule has 2 aromatic rings. The van der Waals surface area contributed by atoms with E-state index < -0.39 is 32.9 Å². The number of benzodiazepines with no additional fused rings is 1. The third kappa shape index (κ3) is 5.57. The maximum atomic E-state index is 13.9. The van der Waals surface area contributed by atoms with Gasteiger partial charge < -0.3 is 15.5 Å². The number of amides is 4. The van der Waals surface area contributed by atoms with Crippen LogP contribution in [0.2, 0.25) is 0 Å². The van der Waals surface area contributed by atoms with Crippen LogP contribution in [0.15, 0.2) is 53.5 Å². The van der Waals surface area contributed by atoms with E-state index in [1.165, 1.54) is 36.9 Å². The fraction of sp³-hybridized carbons (Fsp3) is 0.407. The summed E-state index contributed by atoms with van der Waals surface area (Å²) in [5.74, 6) is -1.32. The van der Waals surface area contributed by atoms with Crippen molar-refractivity contribution in [2.75, 3.05) is 17.3 Å². The molecule has 2 aromatic carbocycles. The van der Waals surface area contributed by atoms with Gasteiger partial charge in [-0.3, -0.25) is 14.6 Å². The summed E-state index contributed by atoms with van der Waals surface area (Å²) in [4.78, 5) is 46.0. The number of anilines is 2.